The highest BCUT2D eigenvalue weighted by Gasteiger charge is 2.30. The minimum Gasteiger partial charge on any atom is -0.480 e. The van der Waals surface area contributed by atoms with Gasteiger partial charge in [0, 0.05) is 0 Å². The van der Waals surface area contributed by atoms with Crippen LogP contribution in [0, 0.1) is 0 Å². The van der Waals surface area contributed by atoms with Crippen molar-refractivity contribution < 1.29 is 14.7 Å². The van der Waals surface area contributed by atoms with Gasteiger partial charge in [-0.15, -0.1) is 0 Å². The van der Waals surface area contributed by atoms with Crippen molar-refractivity contribution in [2.75, 3.05) is 0 Å². The number of hydrogen-bond acceptors (Lipinski definition) is 3. The molecule has 5 heteroatoms. The molecule has 1 unspecified atom stereocenters. The van der Waals surface area contributed by atoms with Gasteiger partial charge in [0.2, 0.25) is 5.91 Å². The molecule has 0 aromatic heterocycles. The average Bonchev–Trinajstić information content (AvgIpc) is 2.13. The van der Waals surface area contributed by atoms with Crippen molar-refractivity contribution in [3.05, 3.63) is 0 Å². The fourth-order valence-electron chi connectivity index (χ4n) is 1.01. The van der Waals surface area contributed by atoms with E-state index in [4.69, 9.17) is 10.8 Å². The summed E-state index contributed by atoms with van der Waals surface area (Å²) in [6.07, 6.45) is 2.41. The third-order valence-corrected chi connectivity index (χ3v) is 2.18. The van der Waals surface area contributed by atoms with Crippen LogP contribution in [-0.2, 0) is 9.59 Å². The van der Waals surface area contributed by atoms with E-state index in [1.807, 2.05) is 6.92 Å². The first-order valence-electron chi connectivity index (χ1n) is 5.12. The van der Waals surface area contributed by atoms with Crippen molar-refractivity contribution in [3.8, 4) is 0 Å². The lowest BCUT2D eigenvalue weighted by atomic mass is 10.0. The molecule has 0 rings (SSSR count). The Morgan fingerprint density at radius 1 is 1.47 bits per heavy atom. The van der Waals surface area contributed by atoms with Gasteiger partial charge in [-0.2, -0.15) is 0 Å². The lowest BCUT2D eigenvalue weighted by molar-refractivity contribution is -0.146. The molecule has 4 N–H and O–H groups in total. The predicted molar refractivity (Wildman–Crippen MR) is 57.4 cm³/mol. The Labute approximate surface area is 90.0 Å². The largest absolute Gasteiger partial charge is 0.480 e. The first kappa shape index (κ1) is 13.9. The van der Waals surface area contributed by atoms with E-state index in [0.29, 0.717) is 6.42 Å². The van der Waals surface area contributed by atoms with Gasteiger partial charge in [0.1, 0.15) is 5.54 Å². The minimum atomic E-state index is -1.26. The van der Waals surface area contributed by atoms with Gasteiger partial charge in [0.15, 0.2) is 0 Å². The Bertz CT molecular complexity index is 239. The molecule has 1 amide bonds. The Kier molecular flexibility index (Phi) is 5.28. The van der Waals surface area contributed by atoms with Gasteiger partial charge in [-0.3, -0.25) is 4.79 Å². The summed E-state index contributed by atoms with van der Waals surface area (Å²) in [5.41, 5.74) is 4.34. The van der Waals surface area contributed by atoms with Crippen LogP contribution in [0.4, 0.5) is 0 Å². The summed E-state index contributed by atoms with van der Waals surface area (Å²) < 4.78 is 0. The van der Waals surface area contributed by atoms with Crippen molar-refractivity contribution >= 4 is 11.9 Å². The monoisotopic (exact) mass is 216 g/mol. The molecule has 0 aliphatic carbocycles. The van der Waals surface area contributed by atoms with Gasteiger partial charge >= 0.3 is 5.97 Å². The summed E-state index contributed by atoms with van der Waals surface area (Å²) in [4.78, 5) is 22.2. The van der Waals surface area contributed by atoms with Crippen LogP contribution in [-0.4, -0.2) is 28.6 Å². The van der Waals surface area contributed by atoms with Crippen LogP contribution >= 0.6 is 0 Å². The molecule has 0 bridgehead atoms. The minimum absolute atomic E-state index is 0.407. The second-order valence-corrected chi connectivity index (χ2v) is 4.17. The maximum Gasteiger partial charge on any atom is 0.328 e. The second kappa shape index (κ2) is 5.70. The molecule has 0 heterocycles. The van der Waals surface area contributed by atoms with E-state index >= 15 is 0 Å². The predicted octanol–water partition coefficient (Wildman–Crippen LogP) is 0.483. The third kappa shape index (κ3) is 4.78. The van der Waals surface area contributed by atoms with Gasteiger partial charge in [0.25, 0.3) is 0 Å². The fourth-order valence-corrected chi connectivity index (χ4v) is 1.01. The zero-order valence-electron chi connectivity index (χ0n) is 9.54. The highest BCUT2D eigenvalue weighted by atomic mass is 16.4. The van der Waals surface area contributed by atoms with E-state index in [-0.39, 0.29) is 0 Å². The summed E-state index contributed by atoms with van der Waals surface area (Å²) in [6.45, 7) is 4.87. The standard InChI is InChI=1S/C10H20N2O3/c1-4-5-6-7(11)8(13)12-10(2,3)9(14)15/h7H,4-6,11H2,1-3H3,(H,12,13)(H,14,15). The number of carbonyl (C=O) groups excluding carboxylic acids is 1. The van der Waals surface area contributed by atoms with E-state index in [9.17, 15) is 9.59 Å². The Morgan fingerprint density at radius 3 is 2.40 bits per heavy atom. The van der Waals surface area contributed by atoms with Crippen molar-refractivity contribution in [2.45, 2.75) is 51.6 Å². The van der Waals surface area contributed by atoms with E-state index in [1.54, 1.807) is 0 Å². The summed E-state index contributed by atoms with van der Waals surface area (Å²) in [5, 5.41) is 11.2. The third-order valence-electron chi connectivity index (χ3n) is 2.18. The van der Waals surface area contributed by atoms with Gasteiger partial charge in [-0.05, 0) is 20.3 Å². The lowest BCUT2D eigenvalue weighted by Gasteiger charge is -2.23. The molecule has 0 spiro atoms. The molecule has 1 atom stereocenters. The summed E-state index contributed by atoms with van der Waals surface area (Å²) in [5.74, 6) is -1.48. The van der Waals surface area contributed by atoms with Crippen molar-refractivity contribution in [3.63, 3.8) is 0 Å². The number of carbonyl (C=O) groups is 2. The highest BCUT2D eigenvalue weighted by Crippen LogP contribution is 2.04. The van der Waals surface area contributed by atoms with Gasteiger partial charge in [-0.25, -0.2) is 4.79 Å². The number of carboxylic acid groups (broad SMARTS) is 1. The number of hydrogen-bond donors (Lipinski definition) is 3. The topological polar surface area (TPSA) is 92.4 Å². The van der Waals surface area contributed by atoms with Crippen LogP contribution in [0.25, 0.3) is 0 Å². The molecule has 5 nitrogen and oxygen atoms in total. The van der Waals surface area contributed by atoms with E-state index < -0.39 is 23.5 Å². The average molecular weight is 216 g/mol. The van der Waals surface area contributed by atoms with Crippen LogP contribution in [0.15, 0.2) is 0 Å². The fraction of sp³-hybridized carbons (Fsp3) is 0.800. The highest BCUT2D eigenvalue weighted by molar-refractivity contribution is 5.88. The Balaban J connectivity index is 4.18. The zero-order valence-corrected chi connectivity index (χ0v) is 9.54. The molecular formula is C10H20N2O3. The number of nitrogens with one attached hydrogen (secondary N) is 1. The molecule has 0 aliphatic rings. The Hall–Kier alpha value is -1.10. The van der Waals surface area contributed by atoms with Crippen LogP contribution in [0.1, 0.15) is 40.0 Å². The number of unbranched alkanes of at least 4 members (excludes halogenated alkanes) is 1. The number of nitrogens with two attached hydrogens (primary N) is 1. The summed E-state index contributed by atoms with van der Waals surface area (Å²) >= 11 is 0. The molecule has 88 valence electrons. The molecule has 15 heavy (non-hydrogen) atoms. The first-order chi connectivity index (χ1) is 6.81. The zero-order chi connectivity index (χ0) is 12.1. The number of aliphatic carboxylic acids is 1. The SMILES string of the molecule is CCCCC(N)C(=O)NC(C)(C)C(=O)O. The number of carboxylic acids is 1. The van der Waals surface area contributed by atoms with Crippen molar-refractivity contribution in [2.24, 2.45) is 5.73 Å². The summed E-state index contributed by atoms with van der Waals surface area (Å²) in [6, 6.07) is -0.622. The molecule has 0 aromatic carbocycles. The molecule has 0 saturated carbocycles. The molecule has 0 saturated heterocycles. The quantitative estimate of drug-likeness (QED) is 0.602. The van der Waals surface area contributed by atoms with Crippen molar-refractivity contribution in [1.82, 2.24) is 5.32 Å². The van der Waals surface area contributed by atoms with Crippen molar-refractivity contribution in [1.29, 1.82) is 0 Å². The first-order valence-corrected chi connectivity index (χ1v) is 5.12. The molecule has 0 fully saturated rings. The maximum atomic E-state index is 11.5. The van der Waals surface area contributed by atoms with E-state index in [2.05, 4.69) is 5.32 Å². The van der Waals surface area contributed by atoms with Crippen LogP contribution in [0.2, 0.25) is 0 Å². The van der Waals surface area contributed by atoms with Crippen LogP contribution < -0.4 is 11.1 Å². The smallest absolute Gasteiger partial charge is 0.328 e. The van der Waals surface area contributed by atoms with E-state index in [1.165, 1.54) is 13.8 Å². The number of rotatable bonds is 6. The number of amides is 1. The summed E-state index contributed by atoms with van der Waals surface area (Å²) in [7, 11) is 0. The van der Waals surface area contributed by atoms with Gasteiger partial charge in [0.05, 0.1) is 6.04 Å². The molecule has 0 aromatic rings. The van der Waals surface area contributed by atoms with Gasteiger partial charge < -0.3 is 16.2 Å². The van der Waals surface area contributed by atoms with Crippen LogP contribution in [0.3, 0.4) is 0 Å². The van der Waals surface area contributed by atoms with Crippen LogP contribution in [0.5, 0.6) is 0 Å². The van der Waals surface area contributed by atoms with E-state index in [0.717, 1.165) is 12.8 Å². The lowest BCUT2D eigenvalue weighted by Crippen LogP contribution is -2.54. The molecule has 0 radical (unpaired) electrons. The molecule has 0 aliphatic heterocycles. The normalized spacial score (nSPS) is 13.3. The second-order valence-electron chi connectivity index (χ2n) is 4.17. The van der Waals surface area contributed by atoms with Gasteiger partial charge in [-0.1, -0.05) is 19.8 Å². The maximum absolute atomic E-state index is 11.5. The Morgan fingerprint density at radius 2 is 2.00 bits per heavy atom. The molecular weight excluding hydrogens is 196 g/mol.